The second-order valence-electron chi connectivity index (χ2n) is 5.92. The van der Waals surface area contributed by atoms with Crippen LogP contribution in [0, 0.1) is 0 Å². The smallest absolute Gasteiger partial charge is 0.285 e. The minimum atomic E-state index is -3.76. The summed E-state index contributed by atoms with van der Waals surface area (Å²) in [5, 5.41) is 2.80. The summed E-state index contributed by atoms with van der Waals surface area (Å²) in [5.74, 6) is -0.305. The number of carbonyl (C=O) groups excluding carboxylic acids is 1. The Bertz CT molecular complexity index is 755. The molecule has 0 unspecified atom stereocenters. The van der Waals surface area contributed by atoms with Crippen LogP contribution in [0.25, 0.3) is 0 Å². The van der Waals surface area contributed by atoms with Gasteiger partial charge in [-0.2, -0.15) is 8.42 Å². The van der Waals surface area contributed by atoms with E-state index in [9.17, 15) is 13.2 Å². The molecule has 0 aliphatic carbocycles. The van der Waals surface area contributed by atoms with Gasteiger partial charge in [-0.25, -0.2) is 0 Å². The van der Waals surface area contributed by atoms with Gasteiger partial charge in [0.25, 0.3) is 15.9 Å². The van der Waals surface area contributed by atoms with E-state index >= 15 is 0 Å². The molecule has 7 nitrogen and oxygen atoms in total. The highest BCUT2D eigenvalue weighted by atomic mass is 32.2. The zero-order valence-corrected chi connectivity index (χ0v) is 14.4. The van der Waals surface area contributed by atoms with E-state index in [0.29, 0.717) is 24.3 Å². The average molecular weight is 351 g/mol. The summed E-state index contributed by atoms with van der Waals surface area (Å²) in [7, 11) is -3.76. The van der Waals surface area contributed by atoms with Crippen LogP contribution in [0.15, 0.2) is 27.5 Å². The van der Waals surface area contributed by atoms with Gasteiger partial charge in [-0.05, 0) is 37.5 Å². The van der Waals surface area contributed by atoms with Crippen LogP contribution in [0.1, 0.15) is 36.5 Å². The molecular formula is C16H21N3O4S. The van der Waals surface area contributed by atoms with E-state index in [4.69, 9.17) is 4.74 Å². The number of hydrogen-bond donors (Lipinski definition) is 1. The number of ether oxygens (including phenoxy) is 1. The summed E-state index contributed by atoms with van der Waals surface area (Å²) >= 11 is 0. The third kappa shape index (κ3) is 3.44. The molecule has 1 atom stereocenters. The zero-order valence-electron chi connectivity index (χ0n) is 13.6. The van der Waals surface area contributed by atoms with Gasteiger partial charge >= 0.3 is 0 Å². The molecule has 0 aromatic heterocycles. The normalized spacial score (nSPS) is 21.5. The van der Waals surface area contributed by atoms with Crippen molar-refractivity contribution in [3.8, 4) is 0 Å². The van der Waals surface area contributed by atoms with Crippen LogP contribution >= 0.6 is 0 Å². The maximum atomic E-state index is 12.3. The van der Waals surface area contributed by atoms with Crippen molar-refractivity contribution in [2.24, 2.45) is 4.40 Å². The molecule has 130 valence electrons. The minimum absolute atomic E-state index is 0.0416. The molecule has 8 heteroatoms. The molecule has 24 heavy (non-hydrogen) atoms. The Morgan fingerprint density at radius 3 is 3.00 bits per heavy atom. The van der Waals surface area contributed by atoms with Crippen molar-refractivity contribution < 1.29 is 17.9 Å². The Kier molecular flexibility index (Phi) is 4.86. The lowest BCUT2D eigenvalue weighted by atomic mass is 10.1. The second kappa shape index (κ2) is 6.90. The summed E-state index contributed by atoms with van der Waals surface area (Å²) in [6.07, 6.45) is 4.16. The summed E-state index contributed by atoms with van der Waals surface area (Å²) in [4.78, 5) is 14.1. The molecule has 2 heterocycles. The van der Waals surface area contributed by atoms with Crippen LogP contribution in [0.3, 0.4) is 0 Å². The molecule has 0 radical (unpaired) electrons. The molecule has 1 saturated heterocycles. The Labute approximate surface area is 141 Å². The van der Waals surface area contributed by atoms with Crippen LogP contribution < -0.4 is 10.2 Å². The Balaban J connectivity index is 1.80. The Morgan fingerprint density at radius 1 is 1.46 bits per heavy atom. The molecule has 0 saturated carbocycles. The highest BCUT2D eigenvalue weighted by Crippen LogP contribution is 2.30. The monoisotopic (exact) mass is 351 g/mol. The first-order valence-electron chi connectivity index (χ1n) is 8.12. The number of rotatable bonds is 5. The third-order valence-electron chi connectivity index (χ3n) is 4.11. The van der Waals surface area contributed by atoms with Crippen LogP contribution in [0.4, 0.5) is 5.69 Å². The lowest BCUT2D eigenvalue weighted by Crippen LogP contribution is -2.32. The lowest BCUT2D eigenvalue weighted by molar-refractivity contribution is 0.0857. The van der Waals surface area contributed by atoms with Gasteiger partial charge < -0.3 is 15.0 Å². The zero-order chi connectivity index (χ0) is 17.2. The van der Waals surface area contributed by atoms with Gasteiger partial charge in [0.2, 0.25) is 0 Å². The summed E-state index contributed by atoms with van der Waals surface area (Å²) in [5.41, 5.74) is 0.867. The number of sulfonamides is 1. The molecule has 3 rings (SSSR count). The summed E-state index contributed by atoms with van der Waals surface area (Å²) in [6.45, 7) is 3.83. The number of nitrogens with zero attached hydrogens (tertiary/aromatic N) is 2. The van der Waals surface area contributed by atoms with E-state index in [1.807, 2.05) is 6.92 Å². The first-order valence-corrected chi connectivity index (χ1v) is 9.56. The first-order chi connectivity index (χ1) is 11.5. The largest absolute Gasteiger partial charge is 0.376 e. The minimum Gasteiger partial charge on any atom is -0.376 e. The fraction of sp³-hybridized carbons (Fsp3) is 0.500. The number of hydrogen-bond acceptors (Lipinski definition) is 5. The lowest BCUT2D eigenvalue weighted by Gasteiger charge is -2.25. The molecule has 0 bridgehead atoms. The maximum Gasteiger partial charge on any atom is 0.285 e. The summed E-state index contributed by atoms with van der Waals surface area (Å²) < 4.78 is 33.5. The predicted octanol–water partition coefficient (Wildman–Crippen LogP) is 1.54. The van der Waals surface area contributed by atoms with Crippen molar-refractivity contribution in [2.75, 3.05) is 24.6 Å². The van der Waals surface area contributed by atoms with Crippen LogP contribution in [-0.4, -0.2) is 46.5 Å². The molecule has 1 aromatic carbocycles. The van der Waals surface area contributed by atoms with Gasteiger partial charge in [0, 0.05) is 25.3 Å². The van der Waals surface area contributed by atoms with E-state index in [1.54, 1.807) is 17.0 Å². The number of benzene rings is 1. The van der Waals surface area contributed by atoms with Crippen molar-refractivity contribution in [2.45, 2.75) is 37.2 Å². The number of nitrogens with one attached hydrogen (secondary N) is 1. The van der Waals surface area contributed by atoms with Gasteiger partial charge in [0.1, 0.15) is 11.2 Å². The molecule has 2 aliphatic rings. The fourth-order valence-corrected chi connectivity index (χ4v) is 3.95. The topological polar surface area (TPSA) is 88.1 Å². The predicted molar refractivity (Wildman–Crippen MR) is 91.1 cm³/mol. The molecule has 1 fully saturated rings. The van der Waals surface area contributed by atoms with Gasteiger partial charge in [0.15, 0.2) is 0 Å². The number of amides is 1. The molecule has 0 spiro atoms. The van der Waals surface area contributed by atoms with Gasteiger partial charge in [-0.1, -0.05) is 6.92 Å². The third-order valence-corrected chi connectivity index (χ3v) is 5.37. The van der Waals surface area contributed by atoms with Crippen molar-refractivity contribution >= 4 is 28.0 Å². The van der Waals surface area contributed by atoms with E-state index in [2.05, 4.69) is 9.71 Å². The van der Waals surface area contributed by atoms with Crippen molar-refractivity contribution in [3.05, 3.63) is 23.8 Å². The summed E-state index contributed by atoms with van der Waals surface area (Å²) in [6, 6.07) is 4.70. The van der Waals surface area contributed by atoms with Gasteiger partial charge in [-0.3, -0.25) is 4.79 Å². The molecular weight excluding hydrogens is 330 g/mol. The Hall–Kier alpha value is -1.93. The van der Waals surface area contributed by atoms with Gasteiger partial charge in [-0.15, -0.1) is 4.40 Å². The van der Waals surface area contributed by atoms with E-state index in [-0.39, 0.29) is 16.9 Å². The molecule has 1 N–H and O–H groups in total. The maximum absolute atomic E-state index is 12.3. The average Bonchev–Trinajstić information content (AvgIpc) is 3.09. The number of carbonyl (C=O) groups is 1. The highest BCUT2D eigenvalue weighted by Gasteiger charge is 2.26. The number of anilines is 1. The SMILES string of the molecule is CCCN1C=NS(=O)(=O)c2cc(C(=O)NC[C@@H]3CCCO3)ccc21. The van der Waals surface area contributed by atoms with Crippen molar-refractivity contribution in [3.63, 3.8) is 0 Å². The van der Waals surface area contributed by atoms with Crippen molar-refractivity contribution in [1.82, 2.24) is 5.32 Å². The highest BCUT2D eigenvalue weighted by molar-refractivity contribution is 7.90. The van der Waals surface area contributed by atoms with Crippen molar-refractivity contribution in [1.29, 1.82) is 0 Å². The van der Waals surface area contributed by atoms with E-state index in [1.165, 1.54) is 12.4 Å². The van der Waals surface area contributed by atoms with Crippen LogP contribution in [0.2, 0.25) is 0 Å². The molecule has 1 amide bonds. The van der Waals surface area contributed by atoms with Crippen LogP contribution in [-0.2, 0) is 14.8 Å². The van der Waals surface area contributed by atoms with Crippen LogP contribution in [0.5, 0.6) is 0 Å². The quantitative estimate of drug-likeness (QED) is 0.869. The fourth-order valence-electron chi connectivity index (χ4n) is 2.87. The standard InChI is InChI=1S/C16H21N3O4S/c1-2-7-19-11-18-24(21,22)15-9-12(5-6-14(15)19)16(20)17-10-13-4-3-8-23-13/h5-6,9,11,13H,2-4,7-8,10H2,1H3,(H,17,20)/t13-/m0/s1. The van der Waals surface area contributed by atoms with E-state index < -0.39 is 10.0 Å². The second-order valence-corrected chi connectivity index (χ2v) is 7.52. The van der Waals surface area contributed by atoms with E-state index in [0.717, 1.165) is 25.9 Å². The molecule has 1 aromatic rings. The number of fused-ring (bicyclic) bond motifs is 1. The Morgan fingerprint density at radius 2 is 2.29 bits per heavy atom. The van der Waals surface area contributed by atoms with Gasteiger partial charge in [0.05, 0.1) is 11.8 Å². The first kappa shape index (κ1) is 16.9. The molecule has 2 aliphatic heterocycles.